The molecule has 11 heteroatoms. The van der Waals surface area contributed by atoms with Gasteiger partial charge in [-0.15, -0.1) is 0 Å². The first-order chi connectivity index (χ1) is 18.4. The average molecular weight is 517 g/mol. The number of imide groups is 1. The van der Waals surface area contributed by atoms with Crippen molar-refractivity contribution in [1.82, 2.24) is 4.98 Å². The number of anilines is 2. The normalized spacial score (nSPS) is 15.4. The van der Waals surface area contributed by atoms with E-state index in [9.17, 15) is 24.5 Å². The van der Waals surface area contributed by atoms with E-state index in [1.165, 1.54) is 12.1 Å². The summed E-state index contributed by atoms with van der Waals surface area (Å²) in [6.45, 7) is 2.89. The molecule has 0 radical (unpaired) electrons. The van der Waals surface area contributed by atoms with Crippen LogP contribution in [-0.2, 0) is 9.53 Å². The SMILES string of the molecule is CCOC(=O)C1CCN(c2nc(Oc3ccc(N4C(=O)c5ccccc5C4=O)cc3)ccc2[N+](=O)[O-])CC1. The smallest absolute Gasteiger partial charge is 0.311 e. The van der Waals surface area contributed by atoms with Gasteiger partial charge in [0.25, 0.3) is 11.8 Å². The molecule has 0 aliphatic carbocycles. The predicted molar refractivity (Wildman–Crippen MR) is 137 cm³/mol. The van der Waals surface area contributed by atoms with Crippen LogP contribution in [0.5, 0.6) is 11.6 Å². The number of pyridine rings is 1. The van der Waals surface area contributed by atoms with Crippen LogP contribution >= 0.6 is 0 Å². The van der Waals surface area contributed by atoms with E-state index in [-0.39, 0.29) is 29.3 Å². The fraction of sp³-hybridized carbons (Fsp3) is 0.259. The second-order valence-electron chi connectivity index (χ2n) is 8.85. The number of esters is 1. The van der Waals surface area contributed by atoms with E-state index in [1.807, 2.05) is 0 Å². The molecule has 2 amide bonds. The van der Waals surface area contributed by atoms with Crippen LogP contribution < -0.4 is 14.5 Å². The van der Waals surface area contributed by atoms with Gasteiger partial charge in [0.1, 0.15) is 5.75 Å². The third-order valence-corrected chi connectivity index (χ3v) is 6.55. The molecule has 2 aliphatic rings. The van der Waals surface area contributed by atoms with Crippen molar-refractivity contribution in [3.63, 3.8) is 0 Å². The van der Waals surface area contributed by atoms with E-state index in [0.717, 1.165) is 4.90 Å². The van der Waals surface area contributed by atoms with Crippen molar-refractivity contribution < 1.29 is 28.8 Å². The van der Waals surface area contributed by atoms with Gasteiger partial charge in [-0.1, -0.05) is 12.1 Å². The number of aromatic nitrogens is 1. The van der Waals surface area contributed by atoms with Gasteiger partial charge in [-0.2, -0.15) is 4.98 Å². The molecular weight excluding hydrogens is 492 g/mol. The Balaban J connectivity index is 1.32. The van der Waals surface area contributed by atoms with E-state index < -0.39 is 16.7 Å². The summed E-state index contributed by atoms with van der Waals surface area (Å²) >= 11 is 0. The van der Waals surface area contributed by atoms with Crippen molar-refractivity contribution in [2.75, 3.05) is 29.5 Å². The molecule has 11 nitrogen and oxygen atoms in total. The Labute approximate surface area is 217 Å². The van der Waals surface area contributed by atoms with Crippen LogP contribution in [0.3, 0.4) is 0 Å². The zero-order chi connectivity index (χ0) is 26.8. The summed E-state index contributed by atoms with van der Waals surface area (Å²) in [5.41, 5.74) is 0.941. The lowest BCUT2D eigenvalue weighted by molar-refractivity contribution is -0.384. The van der Waals surface area contributed by atoms with Crippen molar-refractivity contribution in [2.45, 2.75) is 19.8 Å². The molecule has 1 aromatic heterocycles. The van der Waals surface area contributed by atoms with Gasteiger partial charge in [0, 0.05) is 25.2 Å². The second-order valence-corrected chi connectivity index (χ2v) is 8.85. The molecule has 0 atom stereocenters. The fourth-order valence-corrected chi connectivity index (χ4v) is 4.65. The van der Waals surface area contributed by atoms with Gasteiger partial charge in [0.05, 0.1) is 34.3 Å². The number of fused-ring (bicyclic) bond motifs is 1. The van der Waals surface area contributed by atoms with Gasteiger partial charge < -0.3 is 14.4 Å². The highest BCUT2D eigenvalue weighted by atomic mass is 16.6. The number of ether oxygens (including phenoxy) is 2. The summed E-state index contributed by atoms with van der Waals surface area (Å²) in [5, 5.41) is 11.7. The highest BCUT2D eigenvalue weighted by Gasteiger charge is 2.36. The molecule has 0 saturated carbocycles. The standard InChI is InChI=1S/C27H24N4O7/c1-2-37-27(34)17-13-15-29(16-14-17)24-22(31(35)36)11-12-23(28-24)38-19-9-7-18(8-10-19)30-25(32)20-5-3-4-6-21(20)26(30)33/h3-12,17H,2,13-16H2,1H3. The average Bonchev–Trinajstić information content (AvgIpc) is 3.19. The van der Waals surface area contributed by atoms with E-state index in [2.05, 4.69) is 4.98 Å². The molecule has 1 fully saturated rings. The van der Waals surface area contributed by atoms with Crippen LogP contribution in [0.15, 0.2) is 60.7 Å². The largest absolute Gasteiger partial charge is 0.466 e. The van der Waals surface area contributed by atoms with Crippen LogP contribution in [0.4, 0.5) is 17.2 Å². The molecule has 194 valence electrons. The number of hydrogen-bond donors (Lipinski definition) is 0. The van der Waals surface area contributed by atoms with Crippen LogP contribution in [-0.4, -0.2) is 47.4 Å². The van der Waals surface area contributed by atoms with Gasteiger partial charge in [0.15, 0.2) is 0 Å². The minimum atomic E-state index is -0.500. The topological polar surface area (TPSA) is 132 Å². The van der Waals surface area contributed by atoms with Crippen molar-refractivity contribution in [3.05, 3.63) is 81.9 Å². The molecule has 3 aromatic rings. The number of piperidine rings is 1. The molecule has 0 bridgehead atoms. The number of amides is 2. The first-order valence-corrected chi connectivity index (χ1v) is 12.2. The Morgan fingerprint density at radius 2 is 1.63 bits per heavy atom. The van der Waals surface area contributed by atoms with Crippen molar-refractivity contribution in [3.8, 4) is 11.6 Å². The number of hydrogen-bond acceptors (Lipinski definition) is 9. The van der Waals surface area contributed by atoms with E-state index in [4.69, 9.17) is 9.47 Å². The summed E-state index contributed by atoms with van der Waals surface area (Å²) in [7, 11) is 0. The Hall–Kier alpha value is -4.80. The maximum absolute atomic E-state index is 12.7. The first kappa shape index (κ1) is 24.9. The van der Waals surface area contributed by atoms with Crippen molar-refractivity contribution in [2.24, 2.45) is 5.92 Å². The van der Waals surface area contributed by atoms with Crippen LogP contribution in [0, 0.1) is 16.0 Å². The quantitative estimate of drug-likeness (QED) is 0.194. The minimum Gasteiger partial charge on any atom is -0.466 e. The maximum Gasteiger partial charge on any atom is 0.311 e. The Morgan fingerprint density at radius 1 is 1.00 bits per heavy atom. The number of nitro groups is 1. The molecule has 38 heavy (non-hydrogen) atoms. The van der Waals surface area contributed by atoms with Crippen LogP contribution in [0.25, 0.3) is 0 Å². The lowest BCUT2D eigenvalue weighted by atomic mass is 9.97. The summed E-state index contributed by atoms with van der Waals surface area (Å²) in [5.74, 6) is -0.607. The lowest BCUT2D eigenvalue weighted by Gasteiger charge is -2.31. The predicted octanol–water partition coefficient (Wildman–Crippen LogP) is 4.36. The van der Waals surface area contributed by atoms with Gasteiger partial charge in [-0.05, 0) is 56.2 Å². The molecule has 1 saturated heterocycles. The molecule has 3 heterocycles. The molecule has 5 rings (SSSR count). The van der Waals surface area contributed by atoms with E-state index in [1.54, 1.807) is 60.4 Å². The monoisotopic (exact) mass is 516 g/mol. The lowest BCUT2D eigenvalue weighted by Crippen LogP contribution is -2.37. The number of carbonyl (C=O) groups is 3. The van der Waals surface area contributed by atoms with Crippen LogP contribution in [0.1, 0.15) is 40.5 Å². The van der Waals surface area contributed by atoms with Crippen LogP contribution in [0.2, 0.25) is 0 Å². The summed E-state index contributed by atoms with van der Waals surface area (Å²) < 4.78 is 10.9. The minimum absolute atomic E-state index is 0.145. The summed E-state index contributed by atoms with van der Waals surface area (Å²) in [6, 6.07) is 15.7. The van der Waals surface area contributed by atoms with E-state index >= 15 is 0 Å². The van der Waals surface area contributed by atoms with Crippen molar-refractivity contribution >= 4 is 35.0 Å². The molecular formula is C27H24N4O7. The molecule has 2 aromatic carbocycles. The van der Waals surface area contributed by atoms with Gasteiger partial charge in [0.2, 0.25) is 11.7 Å². The van der Waals surface area contributed by atoms with E-state index in [0.29, 0.717) is 55.1 Å². The summed E-state index contributed by atoms with van der Waals surface area (Å²) in [6.07, 6.45) is 1.00. The molecule has 0 unspecified atom stereocenters. The molecule has 0 N–H and O–H groups in total. The number of carbonyl (C=O) groups excluding carboxylic acids is 3. The van der Waals surface area contributed by atoms with Gasteiger partial charge >= 0.3 is 11.7 Å². The Kier molecular flexibility index (Phi) is 6.73. The first-order valence-electron chi connectivity index (χ1n) is 12.2. The second kappa shape index (κ2) is 10.3. The Morgan fingerprint density at radius 3 is 2.21 bits per heavy atom. The highest BCUT2D eigenvalue weighted by Crippen LogP contribution is 2.34. The van der Waals surface area contributed by atoms with Crippen molar-refractivity contribution in [1.29, 1.82) is 0 Å². The highest BCUT2D eigenvalue weighted by molar-refractivity contribution is 6.34. The summed E-state index contributed by atoms with van der Waals surface area (Å²) in [4.78, 5) is 55.9. The van der Waals surface area contributed by atoms with Gasteiger partial charge in [-0.3, -0.25) is 24.5 Å². The molecule has 0 spiro atoms. The maximum atomic E-state index is 12.7. The number of benzene rings is 2. The third kappa shape index (κ3) is 4.65. The zero-order valence-corrected chi connectivity index (χ0v) is 20.5. The molecule has 2 aliphatic heterocycles. The Bertz CT molecular complexity index is 1380. The number of nitrogens with zero attached hydrogens (tertiary/aromatic N) is 4. The zero-order valence-electron chi connectivity index (χ0n) is 20.5. The fourth-order valence-electron chi connectivity index (χ4n) is 4.65. The third-order valence-electron chi connectivity index (χ3n) is 6.55. The van der Waals surface area contributed by atoms with Gasteiger partial charge in [-0.25, -0.2) is 4.90 Å². The number of rotatable bonds is 7.